The van der Waals surface area contributed by atoms with E-state index < -0.39 is 0 Å². The van der Waals surface area contributed by atoms with Gasteiger partial charge in [0.25, 0.3) is 0 Å². The highest BCUT2D eigenvalue weighted by atomic mass is 79.9. The summed E-state index contributed by atoms with van der Waals surface area (Å²) in [5.41, 5.74) is 0.378. The molecule has 0 unspecified atom stereocenters. The molecule has 4 nitrogen and oxygen atoms in total. The van der Waals surface area contributed by atoms with Crippen LogP contribution in [-0.2, 0) is 0 Å². The molecule has 1 aliphatic heterocycles. The second-order valence-corrected chi connectivity index (χ2v) is 7.49. The topological polar surface area (TPSA) is 48.2 Å². The third kappa shape index (κ3) is 3.20. The Bertz CT molecular complexity index is 496. The van der Waals surface area contributed by atoms with Crippen LogP contribution in [-0.4, -0.2) is 27.3 Å². The highest BCUT2D eigenvalue weighted by Crippen LogP contribution is 2.39. The minimum atomic E-state index is -0.282. The molecule has 2 rings (SSSR count). The molecule has 0 aromatic heterocycles. The molecule has 0 atom stereocenters. The first-order valence-corrected chi connectivity index (χ1v) is 7.66. The Kier molecular flexibility index (Phi) is 4.21. The number of nitrogens with zero attached hydrogens (tertiary/aromatic N) is 3. The van der Waals surface area contributed by atoms with Crippen molar-refractivity contribution in [2.24, 2.45) is 10.3 Å². The first kappa shape index (κ1) is 15.4. The lowest BCUT2D eigenvalue weighted by Crippen LogP contribution is -2.59. The van der Waals surface area contributed by atoms with Gasteiger partial charge in [-0.05, 0) is 68.6 Å². The molecule has 1 heterocycles. The van der Waals surface area contributed by atoms with Crippen LogP contribution in [0.4, 0.5) is 5.69 Å². The SMILES string of the molecule is CC1(C)CC(O)CC(C)(C)N1N=Nc1ccccc1Br. The van der Waals surface area contributed by atoms with Gasteiger partial charge in [0.05, 0.1) is 17.2 Å². The fourth-order valence-corrected chi connectivity index (χ4v) is 3.45. The highest BCUT2D eigenvalue weighted by molar-refractivity contribution is 9.10. The van der Waals surface area contributed by atoms with Gasteiger partial charge in [-0.1, -0.05) is 17.4 Å². The Labute approximate surface area is 129 Å². The van der Waals surface area contributed by atoms with E-state index in [4.69, 9.17) is 0 Å². The van der Waals surface area contributed by atoms with Crippen LogP contribution in [0.2, 0.25) is 0 Å². The Balaban J connectivity index is 2.28. The summed E-state index contributed by atoms with van der Waals surface area (Å²) < 4.78 is 0.927. The zero-order valence-electron chi connectivity index (χ0n) is 12.5. The zero-order chi connectivity index (χ0) is 15.0. The van der Waals surface area contributed by atoms with Crippen molar-refractivity contribution in [2.45, 2.75) is 57.7 Å². The van der Waals surface area contributed by atoms with Gasteiger partial charge in [-0.25, -0.2) is 0 Å². The predicted octanol–water partition coefficient (Wildman–Crippen LogP) is 4.46. The van der Waals surface area contributed by atoms with Gasteiger partial charge in [-0.15, -0.1) is 5.11 Å². The number of halogens is 1. The minimum Gasteiger partial charge on any atom is -0.393 e. The molecule has 0 amide bonds. The summed E-state index contributed by atoms with van der Waals surface area (Å²) in [7, 11) is 0. The van der Waals surface area contributed by atoms with Crippen LogP contribution in [0, 0.1) is 0 Å². The van der Waals surface area contributed by atoms with E-state index in [1.165, 1.54) is 0 Å². The fourth-order valence-electron chi connectivity index (χ4n) is 3.09. The summed E-state index contributed by atoms with van der Waals surface area (Å²) in [6.07, 6.45) is 1.12. The van der Waals surface area contributed by atoms with Gasteiger partial charge in [0, 0.05) is 4.47 Å². The van der Waals surface area contributed by atoms with Crippen LogP contribution in [0.1, 0.15) is 40.5 Å². The van der Waals surface area contributed by atoms with Crippen LogP contribution < -0.4 is 0 Å². The predicted molar refractivity (Wildman–Crippen MR) is 83.9 cm³/mol. The Morgan fingerprint density at radius 3 is 2.25 bits per heavy atom. The van der Waals surface area contributed by atoms with Crippen molar-refractivity contribution in [3.63, 3.8) is 0 Å². The van der Waals surface area contributed by atoms with Crippen molar-refractivity contribution in [1.29, 1.82) is 0 Å². The number of rotatable bonds is 2. The van der Waals surface area contributed by atoms with E-state index in [1.54, 1.807) is 0 Å². The summed E-state index contributed by atoms with van der Waals surface area (Å²) >= 11 is 3.48. The molecule has 1 aromatic rings. The average Bonchev–Trinajstić information content (AvgIpc) is 2.27. The van der Waals surface area contributed by atoms with E-state index in [-0.39, 0.29) is 17.2 Å². The van der Waals surface area contributed by atoms with Crippen molar-refractivity contribution in [3.05, 3.63) is 28.7 Å². The lowest BCUT2D eigenvalue weighted by molar-refractivity contribution is -0.0844. The Morgan fingerprint density at radius 2 is 1.70 bits per heavy atom. The first-order valence-electron chi connectivity index (χ1n) is 6.87. The lowest BCUT2D eigenvalue weighted by atomic mass is 9.80. The fraction of sp³-hybridized carbons (Fsp3) is 0.600. The second-order valence-electron chi connectivity index (χ2n) is 6.64. The molecule has 1 fully saturated rings. The summed E-state index contributed by atoms with van der Waals surface area (Å²) in [5.74, 6) is 0. The largest absolute Gasteiger partial charge is 0.393 e. The van der Waals surface area contributed by atoms with Gasteiger partial charge in [-0.2, -0.15) is 0 Å². The van der Waals surface area contributed by atoms with E-state index in [0.29, 0.717) is 12.8 Å². The smallest absolute Gasteiger partial charge is 0.102 e. The molecule has 110 valence electrons. The second kappa shape index (κ2) is 5.45. The van der Waals surface area contributed by atoms with Gasteiger partial charge in [0.15, 0.2) is 0 Å². The van der Waals surface area contributed by atoms with E-state index in [9.17, 15) is 5.11 Å². The molecule has 0 saturated carbocycles. The van der Waals surface area contributed by atoms with Crippen LogP contribution in [0.5, 0.6) is 0 Å². The van der Waals surface area contributed by atoms with Crippen LogP contribution >= 0.6 is 15.9 Å². The number of piperidine rings is 1. The van der Waals surface area contributed by atoms with E-state index in [0.717, 1.165) is 10.2 Å². The first-order chi connectivity index (χ1) is 9.22. The van der Waals surface area contributed by atoms with Crippen LogP contribution in [0.25, 0.3) is 0 Å². The van der Waals surface area contributed by atoms with Crippen LogP contribution in [0.3, 0.4) is 0 Å². The third-order valence-electron chi connectivity index (χ3n) is 3.71. The molecule has 1 saturated heterocycles. The molecule has 0 spiro atoms. The Hall–Kier alpha value is -0.940. The maximum absolute atomic E-state index is 10.0. The molecule has 20 heavy (non-hydrogen) atoms. The van der Waals surface area contributed by atoms with E-state index in [1.807, 2.05) is 29.3 Å². The standard InChI is InChI=1S/C15H22BrN3O/c1-14(2)9-11(20)10-15(3,4)19(14)18-17-13-8-6-5-7-12(13)16/h5-8,11,20H,9-10H2,1-4H3. The van der Waals surface area contributed by atoms with Crippen molar-refractivity contribution < 1.29 is 5.11 Å². The number of aliphatic hydroxyl groups excluding tert-OH is 1. The summed E-state index contributed by atoms with van der Waals surface area (Å²) in [4.78, 5) is 0. The summed E-state index contributed by atoms with van der Waals surface area (Å²) in [6, 6.07) is 7.76. The molecule has 0 bridgehead atoms. The number of hydrogen-bond acceptors (Lipinski definition) is 3. The molecule has 1 N–H and O–H groups in total. The average molecular weight is 340 g/mol. The molecule has 0 aliphatic carbocycles. The molecule has 1 aliphatic rings. The number of aliphatic hydroxyl groups is 1. The van der Waals surface area contributed by atoms with Crippen molar-refractivity contribution in [2.75, 3.05) is 0 Å². The van der Waals surface area contributed by atoms with Gasteiger partial charge in [0.2, 0.25) is 0 Å². The number of hydrogen-bond donors (Lipinski definition) is 1. The molecular weight excluding hydrogens is 318 g/mol. The maximum atomic E-state index is 10.0. The van der Waals surface area contributed by atoms with Gasteiger partial charge >= 0.3 is 0 Å². The normalized spacial score (nSPS) is 22.4. The zero-order valence-corrected chi connectivity index (χ0v) is 14.1. The van der Waals surface area contributed by atoms with Gasteiger partial charge in [0.1, 0.15) is 5.69 Å². The Morgan fingerprint density at radius 1 is 1.15 bits per heavy atom. The van der Waals surface area contributed by atoms with E-state index in [2.05, 4.69) is 54.0 Å². The van der Waals surface area contributed by atoms with E-state index >= 15 is 0 Å². The van der Waals surface area contributed by atoms with Crippen molar-refractivity contribution in [1.82, 2.24) is 5.01 Å². The molecular formula is C15H22BrN3O. The van der Waals surface area contributed by atoms with Gasteiger partial charge in [-0.3, -0.25) is 5.01 Å². The highest BCUT2D eigenvalue weighted by Gasteiger charge is 2.45. The quantitative estimate of drug-likeness (QED) is 0.808. The lowest BCUT2D eigenvalue weighted by Gasteiger charge is -2.51. The minimum absolute atomic E-state index is 0.216. The van der Waals surface area contributed by atoms with Crippen LogP contribution in [0.15, 0.2) is 39.1 Å². The maximum Gasteiger partial charge on any atom is 0.102 e. The van der Waals surface area contributed by atoms with Crippen molar-refractivity contribution >= 4 is 21.6 Å². The monoisotopic (exact) mass is 339 g/mol. The molecule has 5 heteroatoms. The summed E-state index contributed by atoms with van der Waals surface area (Å²) in [6.45, 7) is 8.37. The van der Waals surface area contributed by atoms with Crippen molar-refractivity contribution in [3.8, 4) is 0 Å². The summed E-state index contributed by atoms with van der Waals surface area (Å²) in [5, 5.41) is 20.9. The molecule has 0 radical (unpaired) electrons. The molecule has 1 aromatic carbocycles. The van der Waals surface area contributed by atoms with Gasteiger partial charge < -0.3 is 5.11 Å². The third-order valence-corrected chi connectivity index (χ3v) is 4.38. The number of benzene rings is 1.